The minimum Gasteiger partial charge on any atom is -0.494 e. The maximum atomic E-state index is 6.25. The van der Waals surface area contributed by atoms with Gasteiger partial charge < -0.3 is 10.5 Å². The lowest BCUT2D eigenvalue weighted by atomic mass is 9.99. The molecule has 0 radical (unpaired) electrons. The Kier molecular flexibility index (Phi) is 5.30. The number of hydrogen-bond donors (Lipinski definition) is 1. The Morgan fingerprint density at radius 3 is 2.65 bits per heavy atom. The van der Waals surface area contributed by atoms with Gasteiger partial charge in [0.15, 0.2) is 0 Å². The van der Waals surface area contributed by atoms with Gasteiger partial charge in [0.1, 0.15) is 5.75 Å². The van der Waals surface area contributed by atoms with Crippen LogP contribution >= 0.6 is 23.2 Å². The van der Waals surface area contributed by atoms with Crippen molar-refractivity contribution in [2.24, 2.45) is 5.73 Å². The van der Waals surface area contributed by atoms with Crippen LogP contribution in [0, 0.1) is 0 Å². The second-order valence-corrected chi connectivity index (χ2v) is 5.40. The van der Waals surface area contributed by atoms with Gasteiger partial charge in [-0.15, -0.1) is 0 Å². The van der Waals surface area contributed by atoms with Crippen molar-refractivity contribution in [1.29, 1.82) is 0 Å². The molecule has 2 rings (SSSR count). The lowest BCUT2D eigenvalue weighted by Gasteiger charge is -2.14. The van der Waals surface area contributed by atoms with Gasteiger partial charge in [-0.25, -0.2) is 0 Å². The summed E-state index contributed by atoms with van der Waals surface area (Å²) in [6, 6.07) is 13.2. The highest BCUT2D eigenvalue weighted by atomic mass is 35.5. The van der Waals surface area contributed by atoms with Gasteiger partial charge >= 0.3 is 0 Å². The predicted molar refractivity (Wildman–Crippen MR) is 84.7 cm³/mol. The summed E-state index contributed by atoms with van der Waals surface area (Å²) in [7, 11) is 0. The zero-order valence-corrected chi connectivity index (χ0v) is 12.8. The Labute approximate surface area is 129 Å². The molecule has 0 heterocycles. The SMILES string of the molecule is CCOc1cccc(C(N)Cc2ccc(Cl)cc2Cl)c1. The third-order valence-corrected chi connectivity index (χ3v) is 3.64. The van der Waals surface area contributed by atoms with Crippen LogP contribution in [-0.4, -0.2) is 6.61 Å². The number of ether oxygens (including phenoxy) is 1. The summed E-state index contributed by atoms with van der Waals surface area (Å²) < 4.78 is 5.49. The van der Waals surface area contributed by atoms with Crippen LogP contribution in [0.15, 0.2) is 42.5 Å². The third kappa shape index (κ3) is 3.89. The average molecular weight is 310 g/mol. The molecule has 0 aliphatic heterocycles. The normalized spacial score (nSPS) is 12.2. The number of nitrogens with two attached hydrogens (primary N) is 1. The summed E-state index contributed by atoms with van der Waals surface area (Å²) >= 11 is 12.1. The van der Waals surface area contributed by atoms with Gasteiger partial charge in [0.25, 0.3) is 0 Å². The molecule has 2 aromatic rings. The van der Waals surface area contributed by atoms with E-state index in [1.807, 2.05) is 43.3 Å². The smallest absolute Gasteiger partial charge is 0.119 e. The first-order valence-electron chi connectivity index (χ1n) is 6.52. The summed E-state index contributed by atoms with van der Waals surface area (Å²) in [5, 5.41) is 1.28. The Balaban J connectivity index is 2.15. The van der Waals surface area contributed by atoms with Crippen LogP contribution in [0.1, 0.15) is 24.1 Å². The number of halogens is 2. The quantitative estimate of drug-likeness (QED) is 0.873. The molecule has 2 nitrogen and oxygen atoms in total. The van der Waals surface area contributed by atoms with Gasteiger partial charge in [-0.1, -0.05) is 41.4 Å². The topological polar surface area (TPSA) is 35.2 Å². The fourth-order valence-corrected chi connectivity index (χ4v) is 2.53. The maximum absolute atomic E-state index is 6.25. The summed E-state index contributed by atoms with van der Waals surface area (Å²) in [5.41, 5.74) is 8.27. The molecule has 1 unspecified atom stereocenters. The monoisotopic (exact) mass is 309 g/mol. The van der Waals surface area contributed by atoms with Crippen molar-refractivity contribution in [3.05, 3.63) is 63.6 Å². The van der Waals surface area contributed by atoms with Gasteiger partial charge in [-0.05, 0) is 48.7 Å². The highest BCUT2D eigenvalue weighted by Gasteiger charge is 2.11. The van der Waals surface area contributed by atoms with E-state index in [1.165, 1.54) is 0 Å². The molecule has 1 atom stereocenters. The van der Waals surface area contributed by atoms with Crippen LogP contribution < -0.4 is 10.5 Å². The lowest BCUT2D eigenvalue weighted by Crippen LogP contribution is -2.13. The van der Waals surface area contributed by atoms with E-state index in [2.05, 4.69) is 0 Å². The minimum atomic E-state index is -0.130. The Bertz CT molecular complexity index is 586. The van der Waals surface area contributed by atoms with E-state index in [1.54, 1.807) is 6.07 Å². The van der Waals surface area contributed by atoms with Gasteiger partial charge in [-0.3, -0.25) is 0 Å². The fraction of sp³-hybridized carbons (Fsp3) is 0.250. The van der Waals surface area contributed by atoms with E-state index >= 15 is 0 Å². The standard InChI is InChI=1S/C16H17Cl2NO/c1-2-20-14-5-3-4-12(8-14)16(19)9-11-6-7-13(17)10-15(11)18/h3-8,10,16H,2,9,19H2,1H3. The van der Waals surface area contributed by atoms with E-state index in [4.69, 9.17) is 33.7 Å². The van der Waals surface area contributed by atoms with Crippen LogP contribution in [0.3, 0.4) is 0 Å². The molecule has 2 N–H and O–H groups in total. The van der Waals surface area contributed by atoms with Crippen LogP contribution in [0.25, 0.3) is 0 Å². The van der Waals surface area contributed by atoms with E-state index in [9.17, 15) is 0 Å². The zero-order valence-electron chi connectivity index (χ0n) is 11.3. The Morgan fingerprint density at radius 1 is 1.15 bits per heavy atom. The van der Waals surface area contributed by atoms with E-state index in [0.29, 0.717) is 23.1 Å². The lowest BCUT2D eigenvalue weighted by molar-refractivity contribution is 0.339. The fourth-order valence-electron chi connectivity index (χ4n) is 2.04. The van der Waals surface area contributed by atoms with Crippen LogP contribution in [-0.2, 0) is 6.42 Å². The highest BCUT2D eigenvalue weighted by Crippen LogP contribution is 2.26. The Morgan fingerprint density at radius 2 is 1.95 bits per heavy atom. The number of benzene rings is 2. The third-order valence-electron chi connectivity index (χ3n) is 3.05. The minimum absolute atomic E-state index is 0.130. The molecule has 0 aromatic heterocycles. The molecule has 0 aliphatic rings. The van der Waals surface area contributed by atoms with Crippen LogP contribution in [0.2, 0.25) is 10.0 Å². The zero-order chi connectivity index (χ0) is 14.5. The largest absolute Gasteiger partial charge is 0.494 e. The van der Waals surface area contributed by atoms with Crippen molar-refractivity contribution in [3.8, 4) is 5.75 Å². The highest BCUT2D eigenvalue weighted by molar-refractivity contribution is 6.35. The van der Waals surface area contributed by atoms with Crippen LogP contribution in [0.5, 0.6) is 5.75 Å². The van der Waals surface area contributed by atoms with Gasteiger partial charge in [0.05, 0.1) is 6.61 Å². The molecule has 20 heavy (non-hydrogen) atoms. The van der Waals surface area contributed by atoms with Crippen molar-refractivity contribution >= 4 is 23.2 Å². The summed E-state index contributed by atoms with van der Waals surface area (Å²) in [5.74, 6) is 0.836. The molecule has 0 bridgehead atoms. The molecule has 106 valence electrons. The number of rotatable bonds is 5. The molecule has 0 spiro atoms. The first-order chi connectivity index (χ1) is 9.60. The molecule has 0 saturated carbocycles. The van der Waals surface area contributed by atoms with Crippen molar-refractivity contribution in [3.63, 3.8) is 0 Å². The Hall–Kier alpha value is -1.22. The molecule has 0 amide bonds. The summed E-state index contributed by atoms with van der Waals surface area (Å²) in [6.07, 6.45) is 0.658. The van der Waals surface area contributed by atoms with E-state index in [-0.39, 0.29) is 6.04 Å². The molecule has 0 fully saturated rings. The predicted octanol–water partition coefficient (Wildman–Crippen LogP) is 4.63. The van der Waals surface area contributed by atoms with Gasteiger partial charge in [0, 0.05) is 16.1 Å². The molecule has 2 aromatic carbocycles. The van der Waals surface area contributed by atoms with Crippen LogP contribution in [0.4, 0.5) is 0 Å². The van der Waals surface area contributed by atoms with E-state index in [0.717, 1.165) is 16.9 Å². The maximum Gasteiger partial charge on any atom is 0.119 e. The first kappa shape index (κ1) is 15.2. The molecule has 4 heteroatoms. The number of hydrogen-bond acceptors (Lipinski definition) is 2. The first-order valence-corrected chi connectivity index (χ1v) is 7.28. The summed E-state index contributed by atoms with van der Waals surface area (Å²) in [4.78, 5) is 0. The average Bonchev–Trinajstić information content (AvgIpc) is 2.42. The molecular weight excluding hydrogens is 293 g/mol. The molecule has 0 aliphatic carbocycles. The van der Waals surface area contributed by atoms with Gasteiger partial charge in [0.2, 0.25) is 0 Å². The van der Waals surface area contributed by atoms with Crippen molar-refractivity contribution in [1.82, 2.24) is 0 Å². The van der Waals surface area contributed by atoms with E-state index < -0.39 is 0 Å². The van der Waals surface area contributed by atoms with Gasteiger partial charge in [-0.2, -0.15) is 0 Å². The molecular formula is C16H17Cl2NO. The second kappa shape index (κ2) is 6.98. The van der Waals surface area contributed by atoms with Crippen molar-refractivity contribution in [2.45, 2.75) is 19.4 Å². The molecule has 0 saturated heterocycles. The second-order valence-electron chi connectivity index (χ2n) is 4.55. The van der Waals surface area contributed by atoms with Crippen molar-refractivity contribution < 1.29 is 4.74 Å². The van der Waals surface area contributed by atoms with Crippen molar-refractivity contribution in [2.75, 3.05) is 6.61 Å². The summed E-state index contributed by atoms with van der Waals surface area (Å²) in [6.45, 7) is 2.60.